The van der Waals surface area contributed by atoms with E-state index in [-0.39, 0.29) is 12.5 Å². The standard InChI is InChI=1S/C11H12Cl4O2/c1-5(2-6(17)4-16)9-10(14)7(12)3-8(13)11(9)15/h3,5-6,16-17H,2,4H2,1H3. The minimum atomic E-state index is -0.824. The highest BCUT2D eigenvalue weighted by Crippen LogP contribution is 2.42. The van der Waals surface area contributed by atoms with Crippen LogP contribution in [0.2, 0.25) is 20.1 Å². The second kappa shape index (κ2) is 6.46. The van der Waals surface area contributed by atoms with Gasteiger partial charge in [0.1, 0.15) is 0 Å². The van der Waals surface area contributed by atoms with Crippen LogP contribution in [0, 0.1) is 0 Å². The van der Waals surface area contributed by atoms with Crippen molar-refractivity contribution in [2.75, 3.05) is 6.61 Å². The highest BCUT2D eigenvalue weighted by Gasteiger charge is 2.21. The summed E-state index contributed by atoms with van der Waals surface area (Å²) in [5.74, 6) is -0.159. The van der Waals surface area contributed by atoms with Gasteiger partial charge in [0.25, 0.3) is 0 Å². The number of halogens is 4. The van der Waals surface area contributed by atoms with Crippen molar-refractivity contribution in [1.29, 1.82) is 0 Å². The molecule has 0 aromatic heterocycles. The molecule has 0 heterocycles. The molecule has 0 aliphatic carbocycles. The highest BCUT2D eigenvalue weighted by molar-refractivity contribution is 6.48. The molecule has 0 aliphatic rings. The molecule has 2 nitrogen and oxygen atoms in total. The molecule has 0 fully saturated rings. The van der Waals surface area contributed by atoms with Crippen LogP contribution in [0.5, 0.6) is 0 Å². The average molecular weight is 318 g/mol. The summed E-state index contributed by atoms with van der Waals surface area (Å²) in [4.78, 5) is 0. The Morgan fingerprint density at radius 2 is 1.59 bits per heavy atom. The summed E-state index contributed by atoms with van der Waals surface area (Å²) in [6.45, 7) is 1.52. The molecule has 0 aliphatic heterocycles. The Labute approximate surface area is 120 Å². The number of benzene rings is 1. The monoisotopic (exact) mass is 316 g/mol. The molecule has 0 saturated heterocycles. The van der Waals surface area contributed by atoms with Crippen LogP contribution < -0.4 is 0 Å². The van der Waals surface area contributed by atoms with E-state index in [4.69, 9.17) is 51.5 Å². The molecule has 6 heteroatoms. The maximum absolute atomic E-state index is 9.41. The lowest BCUT2D eigenvalue weighted by Crippen LogP contribution is -2.15. The van der Waals surface area contributed by atoms with Crippen molar-refractivity contribution in [2.45, 2.75) is 25.4 Å². The fourth-order valence-electron chi connectivity index (χ4n) is 1.62. The summed E-state index contributed by atoms with van der Waals surface area (Å²) in [5.41, 5.74) is 0.596. The summed E-state index contributed by atoms with van der Waals surface area (Å²) in [6.07, 6.45) is -0.498. The van der Waals surface area contributed by atoms with E-state index in [1.807, 2.05) is 6.92 Å². The van der Waals surface area contributed by atoms with Crippen molar-refractivity contribution in [3.05, 3.63) is 31.7 Å². The third-order valence-corrected chi connectivity index (χ3v) is 4.08. The highest BCUT2D eigenvalue weighted by atomic mass is 35.5. The molecule has 1 aromatic carbocycles. The van der Waals surface area contributed by atoms with E-state index < -0.39 is 6.10 Å². The van der Waals surface area contributed by atoms with E-state index in [0.29, 0.717) is 32.1 Å². The molecular formula is C11H12Cl4O2. The maximum Gasteiger partial charge on any atom is 0.0776 e. The number of hydrogen-bond donors (Lipinski definition) is 2. The Balaban J connectivity index is 3.12. The Kier molecular flexibility index (Phi) is 5.84. The van der Waals surface area contributed by atoms with Crippen molar-refractivity contribution in [3.63, 3.8) is 0 Å². The van der Waals surface area contributed by atoms with Gasteiger partial charge in [-0.15, -0.1) is 0 Å². The minimum absolute atomic E-state index is 0.159. The van der Waals surface area contributed by atoms with Gasteiger partial charge < -0.3 is 10.2 Å². The van der Waals surface area contributed by atoms with Crippen LogP contribution >= 0.6 is 46.4 Å². The zero-order valence-corrected chi connectivity index (χ0v) is 12.1. The molecule has 0 amide bonds. The van der Waals surface area contributed by atoms with Gasteiger partial charge in [0.2, 0.25) is 0 Å². The zero-order valence-electron chi connectivity index (χ0n) is 9.05. The Morgan fingerprint density at radius 3 is 2.00 bits per heavy atom. The van der Waals surface area contributed by atoms with E-state index in [0.717, 1.165) is 0 Å². The quantitative estimate of drug-likeness (QED) is 0.819. The van der Waals surface area contributed by atoms with Crippen LogP contribution in [-0.4, -0.2) is 22.9 Å². The van der Waals surface area contributed by atoms with Crippen LogP contribution in [0.1, 0.15) is 24.8 Å². The van der Waals surface area contributed by atoms with E-state index in [9.17, 15) is 5.11 Å². The molecular weight excluding hydrogens is 306 g/mol. The first-order valence-corrected chi connectivity index (χ1v) is 6.51. The molecule has 1 aromatic rings. The molecule has 2 N–H and O–H groups in total. The lowest BCUT2D eigenvalue weighted by molar-refractivity contribution is 0.0835. The topological polar surface area (TPSA) is 40.5 Å². The first-order valence-electron chi connectivity index (χ1n) is 5.00. The van der Waals surface area contributed by atoms with Gasteiger partial charge in [0, 0.05) is 0 Å². The van der Waals surface area contributed by atoms with Crippen LogP contribution in [0.3, 0.4) is 0 Å². The molecule has 0 bridgehead atoms. The van der Waals surface area contributed by atoms with Crippen LogP contribution in [0.25, 0.3) is 0 Å². The van der Waals surface area contributed by atoms with Crippen molar-refractivity contribution in [1.82, 2.24) is 0 Å². The van der Waals surface area contributed by atoms with Crippen LogP contribution in [0.15, 0.2) is 6.07 Å². The molecule has 96 valence electrons. The van der Waals surface area contributed by atoms with Crippen molar-refractivity contribution < 1.29 is 10.2 Å². The number of aliphatic hydroxyl groups excluding tert-OH is 2. The van der Waals surface area contributed by atoms with Gasteiger partial charge in [0.05, 0.1) is 32.8 Å². The molecule has 0 spiro atoms. The van der Waals surface area contributed by atoms with Crippen LogP contribution in [0.4, 0.5) is 0 Å². The Hall–Kier alpha value is 0.300. The smallest absolute Gasteiger partial charge is 0.0776 e. The number of hydrogen-bond acceptors (Lipinski definition) is 2. The Bertz CT molecular complexity index is 383. The first-order chi connectivity index (χ1) is 7.88. The molecule has 17 heavy (non-hydrogen) atoms. The second-order valence-electron chi connectivity index (χ2n) is 3.85. The largest absolute Gasteiger partial charge is 0.394 e. The average Bonchev–Trinajstić information content (AvgIpc) is 2.26. The summed E-state index contributed by atoms with van der Waals surface area (Å²) in [5, 5.41) is 19.5. The third-order valence-electron chi connectivity index (χ3n) is 2.47. The summed E-state index contributed by atoms with van der Waals surface area (Å²) < 4.78 is 0. The summed E-state index contributed by atoms with van der Waals surface area (Å²) in [7, 11) is 0. The van der Waals surface area contributed by atoms with Gasteiger partial charge in [-0.2, -0.15) is 0 Å². The maximum atomic E-state index is 9.41. The van der Waals surface area contributed by atoms with Gasteiger partial charge in [-0.1, -0.05) is 53.3 Å². The molecule has 0 radical (unpaired) electrons. The minimum Gasteiger partial charge on any atom is -0.394 e. The van der Waals surface area contributed by atoms with E-state index >= 15 is 0 Å². The zero-order chi connectivity index (χ0) is 13.2. The fourth-order valence-corrected chi connectivity index (χ4v) is 2.82. The van der Waals surface area contributed by atoms with Crippen LogP contribution in [-0.2, 0) is 0 Å². The summed E-state index contributed by atoms with van der Waals surface area (Å²) in [6, 6.07) is 1.48. The Morgan fingerprint density at radius 1 is 1.12 bits per heavy atom. The van der Waals surface area contributed by atoms with Crippen molar-refractivity contribution in [2.24, 2.45) is 0 Å². The fraction of sp³-hybridized carbons (Fsp3) is 0.455. The lowest BCUT2D eigenvalue weighted by Gasteiger charge is -2.19. The second-order valence-corrected chi connectivity index (χ2v) is 5.43. The first kappa shape index (κ1) is 15.4. The number of rotatable bonds is 4. The third kappa shape index (κ3) is 3.63. The SMILES string of the molecule is CC(CC(O)CO)c1c(Cl)c(Cl)cc(Cl)c1Cl. The van der Waals surface area contributed by atoms with E-state index in [1.54, 1.807) is 0 Å². The molecule has 0 saturated carbocycles. The normalized spacial score (nSPS) is 14.8. The van der Waals surface area contributed by atoms with E-state index in [1.165, 1.54) is 6.07 Å². The van der Waals surface area contributed by atoms with Crippen molar-refractivity contribution >= 4 is 46.4 Å². The molecule has 2 unspecified atom stereocenters. The van der Waals surface area contributed by atoms with Gasteiger partial charge in [-0.3, -0.25) is 0 Å². The summed E-state index contributed by atoms with van der Waals surface area (Å²) >= 11 is 24.0. The van der Waals surface area contributed by atoms with Gasteiger partial charge >= 0.3 is 0 Å². The number of aliphatic hydroxyl groups is 2. The predicted molar refractivity (Wildman–Crippen MR) is 72.6 cm³/mol. The van der Waals surface area contributed by atoms with Crippen molar-refractivity contribution in [3.8, 4) is 0 Å². The lowest BCUT2D eigenvalue weighted by atomic mass is 9.95. The molecule has 1 rings (SSSR count). The van der Waals surface area contributed by atoms with E-state index in [2.05, 4.69) is 0 Å². The van der Waals surface area contributed by atoms with Gasteiger partial charge in [-0.25, -0.2) is 0 Å². The van der Waals surface area contributed by atoms with Gasteiger partial charge in [-0.05, 0) is 24.0 Å². The predicted octanol–water partition coefficient (Wildman–Crippen LogP) is 4.15. The van der Waals surface area contributed by atoms with Gasteiger partial charge in [0.15, 0.2) is 0 Å². The molecule has 2 atom stereocenters.